The molecule has 0 amide bonds. The second kappa shape index (κ2) is 4.93. The van der Waals surface area contributed by atoms with Gasteiger partial charge in [0, 0.05) is 26.7 Å². The molecular weight excluding hydrogens is 228 g/mol. The summed E-state index contributed by atoms with van der Waals surface area (Å²) in [6, 6.07) is 1.32. The lowest BCUT2D eigenvalue weighted by Gasteiger charge is -2.12. The molecular formula is C9H14N4O2S. The Bertz CT molecular complexity index is 517. The zero-order valence-corrected chi connectivity index (χ0v) is 10.2. The average molecular weight is 242 g/mol. The van der Waals surface area contributed by atoms with Crippen LogP contribution in [-0.2, 0) is 14.1 Å². The smallest absolute Gasteiger partial charge is 0.332 e. The molecule has 0 aliphatic rings. The Morgan fingerprint density at radius 1 is 1.38 bits per heavy atom. The van der Waals surface area contributed by atoms with E-state index in [1.165, 1.54) is 17.7 Å². The number of hydrogen-bond donors (Lipinski definition) is 2. The molecule has 1 aromatic heterocycles. The van der Waals surface area contributed by atoms with Crippen molar-refractivity contribution in [2.45, 2.75) is 6.92 Å². The van der Waals surface area contributed by atoms with Gasteiger partial charge in [0.1, 0.15) is 5.82 Å². The van der Waals surface area contributed by atoms with Crippen LogP contribution in [-0.4, -0.2) is 20.8 Å². The highest BCUT2D eigenvalue weighted by Crippen LogP contribution is 1.97. The molecule has 6 nitrogen and oxygen atoms in total. The molecule has 88 valence electrons. The van der Waals surface area contributed by atoms with Gasteiger partial charge in [0.25, 0.3) is 5.56 Å². The summed E-state index contributed by atoms with van der Waals surface area (Å²) in [5.41, 5.74) is -0.765. The second-order valence-corrected chi connectivity index (χ2v) is 3.66. The molecule has 1 heterocycles. The summed E-state index contributed by atoms with van der Waals surface area (Å²) in [7, 11) is 3.00. The SMILES string of the molecule is CCNC(=S)Nc1cc(=O)n(C)c(=O)n1C. The highest BCUT2D eigenvalue weighted by Gasteiger charge is 2.06. The van der Waals surface area contributed by atoms with Crippen molar-refractivity contribution in [3.05, 3.63) is 26.9 Å². The molecule has 0 radical (unpaired) electrons. The normalized spacial score (nSPS) is 9.94. The Labute approximate surface area is 97.9 Å². The Morgan fingerprint density at radius 3 is 2.56 bits per heavy atom. The largest absolute Gasteiger partial charge is 0.363 e. The quantitative estimate of drug-likeness (QED) is 0.677. The summed E-state index contributed by atoms with van der Waals surface area (Å²) in [6.07, 6.45) is 0. The number of anilines is 1. The van der Waals surface area contributed by atoms with Gasteiger partial charge in [0.05, 0.1) is 0 Å². The molecule has 0 aliphatic carbocycles. The Hall–Kier alpha value is -1.63. The van der Waals surface area contributed by atoms with Crippen molar-refractivity contribution in [2.75, 3.05) is 11.9 Å². The van der Waals surface area contributed by atoms with Gasteiger partial charge in [-0.1, -0.05) is 0 Å². The van der Waals surface area contributed by atoms with Crippen LogP contribution in [0.15, 0.2) is 15.7 Å². The van der Waals surface area contributed by atoms with Crippen LogP contribution in [0.3, 0.4) is 0 Å². The summed E-state index contributed by atoms with van der Waals surface area (Å²) >= 11 is 4.97. The number of hydrogen-bond acceptors (Lipinski definition) is 3. The van der Waals surface area contributed by atoms with Crippen LogP contribution in [0.1, 0.15) is 6.92 Å². The summed E-state index contributed by atoms with van der Waals surface area (Å²) < 4.78 is 2.35. The molecule has 1 aromatic rings. The molecule has 0 bridgehead atoms. The van der Waals surface area contributed by atoms with E-state index in [1.807, 2.05) is 6.92 Å². The minimum absolute atomic E-state index is 0.370. The molecule has 0 atom stereocenters. The van der Waals surface area contributed by atoms with Crippen LogP contribution >= 0.6 is 12.2 Å². The van der Waals surface area contributed by atoms with Crippen molar-refractivity contribution in [3.8, 4) is 0 Å². The van der Waals surface area contributed by atoms with Crippen LogP contribution in [0.2, 0.25) is 0 Å². The van der Waals surface area contributed by atoms with Crippen molar-refractivity contribution in [1.29, 1.82) is 0 Å². The molecule has 0 aromatic carbocycles. The first-order valence-corrected chi connectivity index (χ1v) is 5.20. The second-order valence-electron chi connectivity index (χ2n) is 3.25. The van der Waals surface area contributed by atoms with E-state index in [-0.39, 0.29) is 5.56 Å². The maximum absolute atomic E-state index is 11.6. The van der Waals surface area contributed by atoms with Gasteiger partial charge < -0.3 is 10.6 Å². The molecule has 0 aliphatic heterocycles. The molecule has 0 fully saturated rings. The number of aromatic nitrogens is 2. The third kappa shape index (κ3) is 2.48. The maximum Gasteiger partial charge on any atom is 0.332 e. The lowest BCUT2D eigenvalue weighted by atomic mass is 10.5. The lowest BCUT2D eigenvalue weighted by Crippen LogP contribution is -2.39. The third-order valence-electron chi connectivity index (χ3n) is 2.10. The highest BCUT2D eigenvalue weighted by molar-refractivity contribution is 7.80. The van der Waals surface area contributed by atoms with Gasteiger partial charge in [-0.2, -0.15) is 0 Å². The first-order chi connectivity index (χ1) is 7.47. The molecule has 16 heavy (non-hydrogen) atoms. The van der Waals surface area contributed by atoms with E-state index < -0.39 is 5.69 Å². The Balaban J connectivity index is 3.12. The first kappa shape index (κ1) is 12.4. The van der Waals surface area contributed by atoms with Crippen molar-refractivity contribution in [1.82, 2.24) is 14.5 Å². The highest BCUT2D eigenvalue weighted by atomic mass is 32.1. The number of nitrogens with one attached hydrogen (secondary N) is 2. The summed E-state index contributed by atoms with van der Waals surface area (Å²) in [4.78, 5) is 23.0. The fourth-order valence-electron chi connectivity index (χ4n) is 1.17. The van der Waals surface area contributed by atoms with Crippen LogP contribution in [0.4, 0.5) is 5.82 Å². The monoisotopic (exact) mass is 242 g/mol. The zero-order chi connectivity index (χ0) is 12.3. The van der Waals surface area contributed by atoms with E-state index in [2.05, 4.69) is 10.6 Å². The van der Waals surface area contributed by atoms with Gasteiger partial charge in [-0.15, -0.1) is 0 Å². The van der Waals surface area contributed by atoms with Gasteiger partial charge in [-0.25, -0.2) is 4.79 Å². The standard InChI is InChI=1S/C9H14N4O2S/c1-4-10-8(16)11-6-5-7(14)13(3)9(15)12(6)2/h5H,4H2,1-3H3,(H2,10,11,16). The zero-order valence-electron chi connectivity index (χ0n) is 9.40. The van der Waals surface area contributed by atoms with E-state index in [1.54, 1.807) is 7.05 Å². The molecule has 0 saturated carbocycles. The van der Waals surface area contributed by atoms with Gasteiger partial charge in [-0.3, -0.25) is 13.9 Å². The molecule has 0 unspecified atom stereocenters. The summed E-state index contributed by atoms with van der Waals surface area (Å²) in [5.74, 6) is 0.374. The molecule has 2 N–H and O–H groups in total. The van der Waals surface area contributed by atoms with E-state index in [4.69, 9.17) is 12.2 Å². The van der Waals surface area contributed by atoms with E-state index in [0.717, 1.165) is 4.57 Å². The van der Waals surface area contributed by atoms with Crippen molar-refractivity contribution < 1.29 is 0 Å². The number of nitrogens with zero attached hydrogens (tertiary/aromatic N) is 2. The van der Waals surface area contributed by atoms with E-state index >= 15 is 0 Å². The number of thiocarbonyl (C=S) groups is 1. The van der Waals surface area contributed by atoms with Crippen LogP contribution in [0, 0.1) is 0 Å². The van der Waals surface area contributed by atoms with Crippen molar-refractivity contribution in [2.24, 2.45) is 14.1 Å². The molecule has 7 heteroatoms. The van der Waals surface area contributed by atoms with Gasteiger partial charge in [0.15, 0.2) is 5.11 Å². The molecule has 0 saturated heterocycles. The fraction of sp³-hybridized carbons (Fsp3) is 0.444. The minimum Gasteiger partial charge on any atom is -0.363 e. The predicted molar refractivity (Wildman–Crippen MR) is 66.8 cm³/mol. The predicted octanol–water partition coefficient (Wildman–Crippen LogP) is -0.610. The van der Waals surface area contributed by atoms with Crippen LogP contribution < -0.4 is 21.9 Å². The maximum atomic E-state index is 11.6. The topological polar surface area (TPSA) is 68.1 Å². The van der Waals surface area contributed by atoms with Crippen LogP contribution in [0.25, 0.3) is 0 Å². The van der Waals surface area contributed by atoms with Gasteiger partial charge >= 0.3 is 5.69 Å². The van der Waals surface area contributed by atoms with E-state index in [9.17, 15) is 9.59 Å². The van der Waals surface area contributed by atoms with Crippen LogP contribution in [0.5, 0.6) is 0 Å². The van der Waals surface area contributed by atoms with Crippen molar-refractivity contribution >= 4 is 23.1 Å². The average Bonchev–Trinajstić information content (AvgIpc) is 2.23. The number of rotatable bonds is 2. The van der Waals surface area contributed by atoms with Crippen molar-refractivity contribution in [3.63, 3.8) is 0 Å². The molecule has 0 spiro atoms. The summed E-state index contributed by atoms with van der Waals surface area (Å²) in [6.45, 7) is 2.57. The Kier molecular flexibility index (Phi) is 3.83. The fourth-order valence-corrected chi connectivity index (χ4v) is 1.42. The lowest BCUT2D eigenvalue weighted by molar-refractivity contribution is 0.693. The Morgan fingerprint density at radius 2 is 2.00 bits per heavy atom. The van der Waals surface area contributed by atoms with E-state index in [0.29, 0.717) is 17.5 Å². The minimum atomic E-state index is -0.394. The molecule has 1 rings (SSSR count). The third-order valence-corrected chi connectivity index (χ3v) is 2.35. The van der Waals surface area contributed by atoms with Gasteiger partial charge in [-0.05, 0) is 19.1 Å². The first-order valence-electron chi connectivity index (χ1n) is 4.79. The summed E-state index contributed by atoms with van der Waals surface area (Å²) in [5, 5.41) is 6.04. The van der Waals surface area contributed by atoms with Gasteiger partial charge in [0.2, 0.25) is 0 Å².